The Morgan fingerprint density at radius 3 is 1.95 bits per heavy atom. The lowest BCUT2D eigenvalue weighted by Gasteiger charge is -2.22. The molecule has 134 valence electrons. The van der Waals surface area contributed by atoms with E-state index in [1.807, 2.05) is 13.8 Å². The van der Waals surface area contributed by atoms with E-state index in [9.17, 15) is 13.5 Å². The number of aliphatic hydroxyl groups excluding tert-OH is 1. The van der Waals surface area contributed by atoms with Gasteiger partial charge in [0.2, 0.25) is 0 Å². The summed E-state index contributed by atoms with van der Waals surface area (Å²) >= 11 is 0. The van der Waals surface area contributed by atoms with E-state index in [-0.39, 0.29) is 0 Å². The van der Waals surface area contributed by atoms with Crippen LogP contribution in [-0.2, 0) is 14.6 Å². The van der Waals surface area contributed by atoms with Gasteiger partial charge in [-0.05, 0) is 25.2 Å². The van der Waals surface area contributed by atoms with Crippen LogP contribution in [-0.4, -0.2) is 30.3 Å². The van der Waals surface area contributed by atoms with E-state index >= 15 is 0 Å². The summed E-state index contributed by atoms with van der Waals surface area (Å²) in [5, 5.41) is 10.1. The molecule has 0 aliphatic rings. The maximum absolute atomic E-state index is 10.9. The summed E-state index contributed by atoms with van der Waals surface area (Å²) in [6.45, 7) is 6.26. The van der Waals surface area contributed by atoms with Gasteiger partial charge in [-0.25, -0.2) is 4.18 Å². The topological polar surface area (TPSA) is 83.8 Å². The Morgan fingerprint density at radius 1 is 0.909 bits per heavy atom. The van der Waals surface area contributed by atoms with E-state index in [0.29, 0.717) is 18.8 Å². The molecule has 2 N–H and O–H groups in total. The second-order valence-electron chi connectivity index (χ2n) is 6.51. The highest BCUT2D eigenvalue weighted by atomic mass is 32.3. The van der Waals surface area contributed by atoms with Crippen molar-refractivity contribution in [3.63, 3.8) is 0 Å². The van der Waals surface area contributed by atoms with E-state index in [0.717, 1.165) is 25.7 Å². The van der Waals surface area contributed by atoms with E-state index in [4.69, 9.17) is 4.55 Å². The summed E-state index contributed by atoms with van der Waals surface area (Å²) in [5.74, 6) is 0.430. The maximum Gasteiger partial charge on any atom is 0.397 e. The minimum absolute atomic E-state index is 0.430. The monoisotopic (exact) mass is 338 g/mol. The van der Waals surface area contributed by atoms with Crippen LogP contribution >= 0.6 is 0 Å². The molecule has 2 atom stereocenters. The number of unbranched alkanes of at least 4 members (excludes halogenated alkanes) is 6. The second-order valence-corrected chi connectivity index (χ2v) is 7.56. The molecule has 0 rings (SSSR count). The minimum Gasteiger partial charge on any atom is -0.390 e. The third-order valence-corrected chi connectivity index (χ3v) is 4.30. The highest BCUT2D eigenvalue weighted by Crippen LogP contribution is 2.19. The van der Waals surface area contributed by atoms with Gasteiger partial charge in [0.15, 0.2) is 0 Å². The number of hydrogen-bond acceptors (Lipinski definition) is 4. The van der Waals surface area contributed by atoms with E-state index < -0.39 is 22.6 Å². The normalized spacial score (nSPS) is 15.2. The first-order valence-corrected chi connectivity index (χ1v) is 9.96. The molecule has 0 saturated heterocycles. The Labute approximate surface area is 136 Å². The van der Waals surface area contributed by atoms with Gasteiger partial charge >= 0.3 is 10.4 Å². The first kappa shape index (κ1) is 21.8. The van der Waals surface area contributed by atoms with Gasteiger partial charge in [-0.2, -0.15) is 8.42 Å². The molecule has 0 aromatic rings. The van der Waals surface area contributed by atoms with Crippen LogP contribution < -0.4 is 0 Å². The third kappa shape index (κ3) is 13.5. The first-order valence-electron chi connectivity index (χ1n) is 8.60. The van der Waals surface area contributed by atoms with Crippen molar-refractivity contribution in [2.45, 2.75) is 97.2 Å². The molecule has 0 aliphatic heterocycles. The molecule has 6 heteroatoms. The first-order chi connectivity index (χ1) is 10.3. The molecule has 0 amide bonds. The molecular weight excluding hydrogens is 304 g/mol. The van der Waals surface area contributed by atoms with Crippen molar-refractivity contribution < 1.29 is 22.3 Å². The van der Waals surface area contributed by atoms with E-state index in [2.05, 4.69) is 11.1 Å². The minimum atomic E-state index is -4.52. The number of rotatable bonds is 14. The van der Waals surface area contributed by atoms with Crippen LogP contribution in [0.15, 0.2) is 0 Å². The molecule has 0 saturated carbocycles. The summed E-state index contributed by atoms with van der Waals surface area (Å²) in [4.78, 5) is 0. The van der Waals surface area contributed by atoms with Crippen molar-refractivity contribution in [3.8, 4) is 0 Å². The number of hydrogen-bond donors (Lipinski definition) is 2. The molecular formula is C16H34O5S. The maximum atomic E-state index is 10.9. The molecule has 0 aromatic heterocycles. The molecule has 2 unspecified atom stereocenters. The van der Waals surface area contributed by atoms with Crippen molar-refractivity contribution >= 4 is 10.4 Å². The van der Waals surface area contributed by atoms with Gasteiger partial charge in [-0.3, -0.25) is 4.55 Å². The average molecular weight is 339 g/mol. The molecule has 0 aliphatic carbocycles. The standard InChI is InChI=1S/C16H34O5S/c1-4-5-6-7-8-9-10-11-16(21-22(18,19)20)15(17)13-12-14(2)3/h14-17H,4-13H2,1-3H3,(H,18,19,20). The van der Waals surface area contributed by atoms with Crippen LogP contribution in [0, 0.1) is 5.92 Å². The fourth-order valence-electron chi connectivity index (χ4n) is 2.45. The third-order valence-electron chi connectivity index (χ3n) is 3.81. The van der Waals surface area contributed by atoms with Gasteiger partial charge in [-0.15, -0.1) is 0 Å². The zero-order chi connectivity index (χ0) is 17.0. The fraction of sp³-hybridized carbons (Fsp3) is 1.00. The molecule has 5 nitrogen and oxygen atoms in total. The molecule has 22 heavy (non-hydrogen) atoms. The van der Waals surface area contributed by atoms with E-state index in [1.165, 1.54) is 25.7 Å². The van der Waals surface area contributed by atoms with Crippen molar-refractivity contribution in [2.24, 2.45) is 5.92 Å². The average Bonchev–Trinajstić information content (AvgIpc) is 2.41. The van der Waals surface area contributed by atoms with Crippen LogP contribution in [0.3, 0.4) is 0 Å². The smallest absolute Gasteiger partial charge is 0.390 e. The zero-order valence-electron chi connectivity index (χ0n) is 14.3. The lowest BCUT2D eigenvalue weighted by Crippen LogP contribution is -2.31. The van der Waals surface area contributed by atoms with Crippen LogP contribution in [0.5, 0.6) is 0 Å². The summed E-state index contributed by atoms with van der Waals surface area (Å²) in [5.41, 5.74) is 0. The Balaban J connectivity index is 4.13. The van der Waals surface area contributed by atoms with Crippen LogP contribution in [0.4, 0.5) is 0 Å². The summed E-state index contributed by atoms with van der Waals surface area (Å²) in [6, 6.07) is 0. The van der Waals surface area contributed by atoms with Crippen molar-refractivity contribution in [1.82, 2.24) is 0 Å². The van der Waals surface area contributed by atoms with Crippen molar-refractivity contribution in [2.75, 3.05) is 0 Å². The lowest BCUT2D eigenvalue weighted by molar-refractivity contribution is 0.0188. The van der Waals surface area contributed by atoms with E-state index in [1.54, 1.807) is 0 Å². The fourth-order valence-corrected chi connectivity index (χ4v) is 2.99. The Kier molecular flexibility index (Phi) is 12.2. The predicted octanol–water partition coefficient (Wildman–Crippen LogP) is 4.11. The SMILES string of the molecule is CCCCCCCCCC(OS(=O)(=O)O)C(O)CCC(C)C. The Morgan fingerprint density at radius 2 is 1.45 bits per heavy atom. The Bertz CT molecular complexity index is 354. The van der Waals surface area contributed by atoms with Gasteiger partial charge < -0.3 is 5.11 Å². The van der Waals surface area contributed by atoms with Gasteiger partial charge in [0.1, 0.15) is 6.10 Å². The quantitative estimate of drug-likeness (QED) is 0.368. The van der Waals surface area contributed by atoms with Crippen molar-refractivity contribution in [1.29, 1.82) is 0 Å². The largest absolute Gasteiger partial charge is 0.397 e. The molecule has 0 aromatic carbocycles. The zero-order valence-corrected chi connectivity index (χ0v) is 15.1. The van der Waals surface area contributed by atoms with Crippen molar-refractivity contribution in [3.05, 3.63) is 0 Å². The number of aliphatic hydroxyl groups is 1. The van der Waals surface area contributed by atoms with Gasteiger partial charge in [-0.1, -0.05) is 65.7 Å². The van der Waals surface area contributed by atoms with Gasteiger partial charge in [0.05, 0.1) is 6.10 Å². The molecule has 0 fully saturated rings. The summed E-state index contributed by atoms with van der Waals surface area (Å²) in [6.07, 6.45) is 7.82. The van der Waals surface area contributed by atoms with Gasteiger partial charge in [0.25, 0.3) is 0 Å². The van der Waals surface area contributed by atoms with Crippen LogP contribution in [0.2, 0.25) is 0 Å². The highest BCUT2D eigenvalue weighted by Gasteiger charge is 2.24. The Hall–Kier alpha value is -0.170. The predicted molar refractivity (Wildman–Crippen MR) is 89.1 cm³/mol. The lowest BCUT2D eigenvalue weighted by atomic mass is 9.98. The second kappa shape index (κ2) is 12.3. The summed E-state index contributed by atoms with van der Waals surface area (Å²) in [7, 11) is -4.52. The van der Waals surface area contributed by atoms with Gasteiger partial charge in [0, 0.05) is 0 Å². The molecule has 0 bridgehead atoms. The van der Waals surface area contributed by atoms with Crippen LogP contribution in [0.1, 0.15) is 85.0 Å². The molecule has 0 spiro atoms. The molecule has 0 radical (unpaired) electrons. The highest BCUT2D eigenvalue weighted by molar-refractivity contribution is 7.80. The van der Waals surface area contributed by atoms with Crippen LogP contribution in [0.25, 0.3) is 0 Å². The summed E-state index contributed by atoms with van der Waals surface area (Å²) < 4.78 is 35.3. The molecule has 0 heterocycles.